The largest absolute Gasteiger partial charge is 0.381 e. The fraction of sp³-hybridized carbons (Fsp3) is 0.348. The molecule has 2 aliphatic heterocycles. The highest BCUT2D eigenvalue weighted by Gasteiger charge is 2.31. The van der Waals surface area contributed by atoms with Crippen LogP contribution in [-0.4, -0.2) is 29.3 Å². The van der Waals surface area contributed by atoms with Gasteiger partial charge in [-0.2, -0.15) is 0 Å². The highest BCUT2D eigenvalue weighted by Crippen LogP contribution is 2.35. The van der Waals surface area contributed by atoms with Crippen LogP contribution >= 0.6 is 0 Å². The molecule has 0 amide bonds. The van der Waals surface area contributed by atoms with Gasteiger partial charge < -0.3 is 9.30 Å². The minimum absolute atomic E-state index is 0.130. The molecule has 0 saturated carbocycles. The molecule has 0 radical (unpaired) electrons. The molecule has 0 spiro atoms. The molecular weight excluding hydrogens is 367 g/mol. The van der Waals surface area contributed by atoms with E-state index in [0.717, 1.165) is 49.5 Å². The number of halogens is 1. The summed E-state index contributed by atoms with van der Waals surface area (Å²) >= 11 is 0. The first-order valence-electron chi connectivity index (χ1n) is 10.2. The second-order valence-corrected chi connectivity index (χ2v) is 7.87. The number of imidazole rings is 1. The van der Waals surface area contributed by atoms with Crippen LogP contribution in [0.5, 0.6) is 0 Å². The van der Waals surface area contributed by atoms with Crippen molar-refractivity contribution in [1.29, 1.82) is 0 Å². The number of nitrogens with one attached hydrogen (secondary N) is 2. The van der Waals surface area contributed by atoms with Crippen LogP contribution in [0.4, 0.5) is 4.39 Å². The van der Waals surface area contributed by atoms with Gasteiger partial charge in [0.25, 0.3) is 0 Å². The number of benzene rings is 2. The van der Waals surface area contributed by atoms with Crippen molar-refractivity contribution in [2.75, 3.05) is 19.8 Å². The van der Waals surface area contributed by atoms with E-state index in [4.69, 9.17) is 9.72 Å². The third kappa shape index (κ3) is 3.71. The van der Waals surface area contributed by atoms with Crippen LogP contribution in [0.1, 0.15) is 29.6 Å². The minimum atomic E-state index is -0.207. The van der Waals surface area contributed by atoms with Crippen molar-refractivity contribution in [3.05, 3.63) is 78.0 Å². The minimum Gasteiger partial charge on any atom is -0.381 e. The van der Waals surface area contributed by atoms with E-state index >= 15 is 0 Å². The summed E-state index contributed by atoms with van der Waals surface area (Å²) in [6, 6.07) is 17.3. The fourth-order valence-corrected chi connectivity index (χ4v) is 4.52. The first-order valence-corrected chi connectivity index (χ1v) is 10.2. The molecule has 150 valence electrons. The molecular formula is C23H25FN4O. The summed E-state index contributed by atoms with van der Waals surface area (Å²) in [5.41, 5.74) is 11.2. The molecule has 3 heterocycles. The Morgan fingerprint density at radius 3 is 2.69 bits per heavy atom. The summed E-state index contributed by atoms with van der Waals surface area (Å²) in [7, 11) is 0. The Balaban J connectivity index is 1.46. The number of hydrogen-bond acceptors (Lipinski definition) is 4. The van der Waals surface area contributed by atoms with Gasteiger partial charge >= 0.3 is 0 Å². The van der Waals surface area contributed by atoms with Crippen LogP contribution in [0.2, 0.25) is 0 Å². The molecule has 2 saturated heterocycles. The van der Waals surface area contributed by atoms with E-state index < -0.39 is 0 Å². The van der Waals surface area contributed by atoms with E-state index in [1.807, 2.05) is 24.5 Å². The second-order valence-electron chi connectivity index (χ2n) is 7.87. The zero-order valence-electron chi connectivity index (χ0n) is 16.2. The Bertz CT molecular complexity index is 951. The van der Waals surface area contributed by atoms with E-state index in [2.05, 4.69) is 39.7 Å². The van der Waals surface area contributed by atoms with Crippen LogP contribution in [0.25, 0.3) is 11.3 Å². The van der Waals surface area contributed by atoms with Gasteiger partial charge in [-0.15, -0.1) is 0 Å². The lowest BCUT2D eigenvalue weighted by Crippen LogP contribution is -2.25. The molecule has 2 fully saturated rings. The third-order valence-corrected chi connectivity index (χ3v) is 6.00. The molecule has 1 aromatic heterocycles. The molecule has 2 aliphatic rings. The highest BCUT2D eigenvalue weighted by molar-refractivity contribution is 5.62. The molecule has 0 aliphatic carbocycles. The molecule has 3 aromatic rings. The van der Waals surface area contributed by atoms with E-state index in [1.165, 1.54) is 17.8 Å². The maximum atomic E-state index is 13.3. The normalized spacial score (nSPS) is 24.2. The van der Waals surface area contributed by atoms with Crippen molar-refractivity contribution < 1.29 is 9.13 Å². The van der Waals surface area contributed by atoms with Crippen molar-refractivity contribution in [2.24, 2.45) is 5.92 Å². The third-order valence-electron chi connectivity index (χ3n) is 6.00. The molecule has 5 nitrogen and oxygen atoms in total. The number of ether oxygens (including phenoxy) is 1. The van der Waals surface area contributed by atoms with Crippen LogP contribution < -0.4 is 10.9 Å². The first-order chi connectivity index (χ1) is 14.3. The summed E-state index contributed by atoms with van der Waals surface area (Å²) in [4.78, 5) is 4.80. The topological polar surface area (TPSA) is 51.1 Å². The van der Waals surface area contributed by atoms with Crippen molar-refractivity contribution in [3.8, 4) is 11.3 Å². The average molecular weight is 392 g/mol. The quantitative estimate of drug-likeness (QED) is 0.696. The molecule has 2 N–H and O–H groups in total. The van der Waals surface area contributed by atoms with Gasteiger partial charge in [-0.1, -0.05) is 42.5 Å². The SMILES string of the molecule is Fc1ccc(C2NNCC2Cn2cnc(-c3ccccc3)c2C2CCOC2)cc1. The van der Waals surface area contributed by atoms with E-state index in [1.54, 1.807) is 0 Å². The van der Waals surface area contributed by atoms with E-state index in [-0.39, 0.29) is 11.9 Å². The zero-order valence-corrected chi connectivity index (χ0v) is 16.2. The predicted octanol–water partition coefficient (Wildman–Crippen LogP) is 3.66. The Morgan fingerprint density at radius 2 is 1.93 bits per heavy atom. The number of hydrogen-bond donors (Lipinski definition) is 2. The van der Waals surface area contributed by atoms with Crippen LogP contribution in [-0.2, 0) is 11.3 Å². The fourth-order valence-electron chi connectivity index (χ4n) is 4.52. The van der Waals surface area contributed by atoms with Gasteiger partial charge in [0.2, 0.25) is 0 Å². The zero-order chi connectivity index (χ0) is 19.6. The summed E-state index contributed by atoms with van der Waals surface area (Å²) in [5, 5.41) is 0. The van der Waals surface area contributed by atoms with Gasteiger partial charge in [0.05, 0.1) is 30.4 Å². The van der Waals surface area contributed by atoms with Crippen LogP contribution in [0.3, 0.4) is 0 Å². The van der Waals surface area contributed by atoms with Crippen molar-refractivity contribution in [3.63, 3.8) is 0 Å². The standard InChI is InChI=1S/C23H25FN4O/c24-20-8-6-17(7-9-20)21-19(12-26-27-21)13-28-15-25-22(16-4-2-1-3-5-16)23(28)18-10-11-29-14-18/h1-9,15,18-19,21,26-27H,10-14H2. The van der Waals surface area contributed by atoms with Crippen LogP contribution in [0, 0.1) is 11.7 Å². The summed E-state index contributed by atoms with van der Waals surface area (Å²) < 4.78 is 21.3. The van der Waals surface area contributed by atoms with Gasteiger partial charge in [-0.3, -0.25) is 5.43 Å². The van der Waals surface area contributed by atoms with Gasteiger partial charge in [0.1, 0.15) is 5.82 Å². The van der Waals surface area contributed by atoms with Crippen LogP contribution in [0.15, 0.2) is 60.9 Å². The molecule has 2 aromatic carbocycles. The Hall–Kier alpha value is -2.54. The maximum Gasteiger partial charge on any atom is 0.123 e. The lowest BCUT2D eigenvalue weighted by molar-refractivity contribution is 0.193. The van der Waals surface area contributed by atoms with Crippen molar-refractivity contribution in [1.82, 2.24) is 20.4 Å². The van der Waals surface area contributed by atoms with Crippen molar-refractivity contribution in [2.45, 2.75) is 24.9 Å². The Labute approximate surface area is 169 Å². The monoisotopic (exact) mass is 392 g/mol. The number of hydrazine groups is 1. The molecule has 3 atom stereocenters. The Kier molecular flexibility index (Phi) is 5.14. The van der Waals surface area contributed by atoms with Gasteiger partial charge in [-0.25, -0.2) is 14.8 Å². The number of aromatic nitrogens is 2. The van der Waals surface area contributed by atoms with E-state index in [9.17, 15) is 4.39 Å². The molecule has 3 unspecified atom stereocenters. The number of nitrogens with zero attached hydrogens (tertiary/aromatic N) is 2. The molecule has 6 heteroatoms. The van der Waals surface area contributed by atoms with Gasteiger partial charge in [0, 0.05) is 37.1 Å². The molecule has 29 heavy (non-hydrogen) atoms. The summed E-state index contributed by atoms with van der Waals surface area (Å²) in [6.45, 7) is 3.23. The average Bonchev–Trinajstić information content (AvgIpc) is 3.50. The molecule has 0 bridgehead atoms. The van der Waals surface area contributed by atoms with Gasteiger partial charge in [0.15, 0.2) is 0 Å². The highest BCUT2D eigenvalue weighted by atomic mass is 19.1. The summed E-state index contributed by atoms with van der Waals surface area (Å²) in [5.74, 6) is 0.487. The van der Waals surface area contributed by atoms with Gasteiger partial charge in [-0.05, 0) is 24.1 Å². The lowest BCUT2D eigenvalue weighted by atomic mass is 9.94. The molecule has 5 rings (SSSR count). The lowest BCUT2D eigenvalue weighted by Gasteiger charge is -2.22. The van der Waals surface area contributed by atoms with E-state index in [0.29, 0.717) is 11.8 Å². The Morgan fingerprint density at radius 1 is 1.10 bits per heavy atom. The summed E-state index contributed by atoms with van der Waals surface area (Å²) in [6.07, 6.45) is 2.99. The number of rotatable bonds is 5. The second kappa shape index (κ2) is 8.06. The van der Waals surface area contributed by atoms with Crippen molar-refractivity contribution >= 4 is 0 Å². The maximum absolute atomic E-state index is 13.3. The first kappa shape index (κ1) is 18.5. The predicted molar refractivity (Wildman–Crippen MR) is 110 cm³/mol. The smallest absolute Gasteiger partial charge is 0.123 e.